The van der Waals surface area contributed by atoms with E-state index in [9.17, 15) is 18.0 Å². The summed E-state index contributed by atoms with van der Waals surface area (Å²) in [6, 6.07) is 4.63. The Morgan fingerprint density at radius 3 is 2.59 bits per heavy atom. The summed E-state index contributed by atoms with van der Waals surface area (Å²) < 4.78 is 37.7. The number of morpholine rings is 1. The van der Waals surface area contributed by atoms with Gasteiger partial charge >= 0.3 is 0 Å². The lowest BCUT2D eigenvalue weighted by Crippen LogP contribution is -2.40. The van der Waals surface area contributed by atoms with Crippen molar-refractivity contribution in [3.05, 3.63) is 29.8 Å². The van der Waals surface area contributed by atoms with Crippen LogP contribution in [-0.2, 0) is 24.3 Å². The highest BCUT2D eigenvalue weighted by Gasteiger charge is 2.29. The van der Waals surface area contributed by atoms with Gasteiger partial charge in [0.15, 0.2) is 0 Å². The molecule has 0 bridgehead atoms. The van der Waals surface area contributed by atoms with Crippen molar-refractivity contribution in [1.82, 2.24) is 14.9 Å². The van der Waals surface area contributed by atoms with E-state index in [0.717, 1.165) is 0 Å². The molecule has 0 aliphatic carbocycles. The van der Waals surface area contributed by atoms with Crippen LogP contribution >= 0.6 is 0 Å². The molecule has 2 N–H and O–H groups in total. The Bertz CT molecular complexity index is 861. The zero-order valence-electron chi connectivity index (χ0n) is 16.8. The zero-order chi connectivity index (χ0) is 21.4. The highest BCUT2D eigenvalue weighted by Crippen LogP contribution is 2.28. The van der Waals surface area contributed by atoms with E-state index in [1.165, 1.54) is 29.6 Å². The highest BCUT2D eigenvalue weighted by atomic mass is 32.2. The van der Waals surface area contributed by atoms with E-state index < -0.39 is 15.9 Å². The number of nitrogens with one attached hydrogen (secondary N) is 2. The number of nitrogens with zero attached hydrogens (tertiary/aromatic N) is 1. The molecule has 0 atom stereocenters. The molecule has 2 rings (SSSR count). The maximum Gasteiger partial charge on any atom is 0.246 e. The van der Waals surface area contributed by atoms with Gasteiger partial charge in [0, 0.05) is 25.2 Å². The second kappa shape index (κ2) is 10.4. The first-order chi connectivity index (χ1) is 13.7. The molecule has 0 unspecified atom stereocenters. The highest BCUT2D eigenvalue weighted by molar-refractivity contribution is 7.89. The molecule has 2 amide bonds. The smallest absolute Gasteiger partial charge is 0.246 e. The van der Waals surface area contributed by atoms with Crippen LogP contribution in [0.2, 0.25) is 0 Å². The number of rotatable bonds is 8. The van der Waals surface area contributed by atoms with E-state index in [0.29, 0.717) is 18.8 Å². The first kappa shape index (κ1) is 22.9. The van der Waals surface area contributed by atoms with Gasteiger partial charge in [0.1, 0.15) is 10.6 Å². The van der Waals surface area contributed by atoms with Crippen LogP contribution in [0.3, 0.4) is 0 Å². The van der Waals surface area contributed by atoms with Crippen molar-refractivity contribution < 1.29 is 27.5 Å². The number of hydrogen-bond acceptors (Lipinski definition) is 6. The molecular weight excluding hydrogens is 398 g/mol. The van der Waals surface area contributed by atoms with Crippen LogP contribution in [0.25, 0.3) is 6.08 Å². The third-order valence-electron chi connectivity index (χ3n) is 4.08. The minimum absolute atomic E-state index is 0.0129. The van der Waals surface area contributed by atoms with E-state index in [4.69, 9.17) is 9.47 Å². The van der Waals surface area contributed by atoms with Gasteiger partial charge in [-0.2, -0.15) is 4.31 Å². The number of carbonyl (C=O) groups excluding carboxylic acids is 2. The Kier molecular flexibility index (Phi) is 8.18. The summed E-state index contributed by atoms with van der Waals surface area (Å²) >= 11 is 0. The van der Waals surface area contributed by atoms with Gasteiger partial charge in [0.2, 0.25) is 21.8 Å². The molecule has 1 fully saturated rings. The molecular formula is C19H27N3O6S. The molecule has 1 heterocycles. The summed E-state index contributed by atoms with van der Waals surface area (Å²) in [4.78, 5) is 23.5. The second-order valence-corrected chi connectivity index (χ2v) is 8.61. The molecule has 1 aromatic rings. The lowest BCUT2D eigenvalue weighted by Gasteiger charge is -2.26. The number of ether oxygens (including phenoxy) is 2. The molecule has 160 valence electrons. The van der Waals surface area contributed by atoms with E-state index >= 15 is 0 Å². The van der Waals surface area contributed by atoms with Gasteiger partial charge in [0.25, 0.3) is 0 Å². The van der Waals surface area contributed by atoms with Crippen LogP contribution in [0.1, 0.15) is 19.4 Å². The van der Waals surface area contributed by atoms with E-state index in [1.807, 2.05) is 13.8 Å². The Balaban J connectivity index is 2.12. The van der Waals surface area contributed by atoms with Crippen LogP contribution in [0.5, 0.6) is 5.75 Å². The van der Waals surface area contributed by atoms with Crippen molar-refractivity contribution >= 4 is 27.9 Å². The molecule has 1 aliphatic rings. The summed E-state index contributed by atoms with van der Waals surface area (Å²) in [5, 5.41) is 5.14. The van der Waals surface area contributed by atoms with Crippen LogP contribution in [-0.4, -0.2) is 70.5 Å². The Morgan fingerprint density at radius 2 is 1.97 bits per heavy atom. The van der Waals surface area contributed by atoms with Gasteiger partial charge in [-0.1, -0.05) is 6.07 Å². The Hall–Kier alpha value is -2.43. The van der Waals surface area contributed by atoms with Crippen molar-refractivity contribution in [1.29, 1.82) is 0 Å². The summed E-state index contributed by atoms with van der Waals surface area (Å²) in [5.41, 5.74) is 0.513. The first-order valence-corrected chi connectivity index (χ1v) is 10.7. The fraction of sp³-hybridized carbons (Fsp3) is 0.474. The van der Waals surface area contributed by atoms with Crippen LogP contribution in [0.15, 0.2) is 29.2 Å². The molecule has 29 heavy (non-hydrogen) atoms. The number of amides is 2. The number of benzene rings is 1. The topological polar surface area (TPSA) is 114 Å². The predicted octanol–water partition coefficient (Wildman–Crippen LogP) is 0.370. The minimum atomic E-state index is -3.76. The third kappa shape index (κ3) is 6.55. The van der Waals surface area contributed by atoms with Crippen molar-refractivity contribution in [3.63, 3.8) is 0 Å². The van der Waals surface area contributed by atoms with E-state index in [-0.39, 0.29) is 42.2 Å². The van der Waals surface area contributed by atoms with Crippen molar-refractivity contribution in [2.24, 2.45) is 0 Å². The molecule has 1 aliphatic heterocycles. The number of sulfonamides is 1. The summed E-state index contributed by atoms with van der Waals surface area (Å²) in [6.45, 7) is 4.73. The Labute approximate surface area is 171 Å². The maximum atomic E-state index is 13.0. The third-order valence-corrected chi connectivity index (χ3v) is 6.00. The van der Waals surface area contributed by atoms with Crippen LogP contribution < -0.4 is 15.4 Å². The summed E-state index contributed by atoms with van der Waals surface area (Å²) in [5.74, 6) is -0.522. The minimum Gasteiger partial charge on any atom is -0.495 e. The predicted molar refractivity (Wildman–Crippen MR) is 108 cm³/mol. The van der Waals surface area contributed by atoms with Crippen molar-refractivity contribution in [2.45, 2.75) is 24.8 Å². The van der Waals surface area contributed by atoms with Crippen LogP contribution in [0, 0.1) is 0 Å². The quantitative estimate of drug-likeness (QED) is 0.582. The largest absolute Gasteiger partial charge is 0.495 e. The van der Waals surface area contributed by atoms with E-state index in [2.05, 4.69) is 10.6 Å². The van der Waals surface area contributed by atoms with E-state index in [1.54, 1.807) is 12.1 Å². The van der Waals surface area contributed by atoms with Gasteiger partial charge in [0.05, 0.1) is 26.9 Å². The number of hydrogen-bond donors (Lipinski definition) is 2. The fourth-order valence-corrected chi connectivity index (χ4v) is 4.29. The fourth-order valence-electron chi connectivity index (χ4n) is 2.70. The number of methoxy groups -OCH3 is 1. The molecule has 0 spiro atoms. The molecule has 1 saturated heterocycles. The van der Waals surface area contributed by atoms with Gasteiger partial charge in [-0.25, -0.2) is 8.42 Å². The van der Waals surface area contributed by atoms with Gasteiger partial charge in [-0.05, 0) is 37.6 Å². The van der Waals surface area contributed by atoms with Gasteiger partial charge in [-0.15, -0.1) is 0 Å². The molecule has 10 heteroatoms. The van der Waals surface area contributed by atoms with Crippen molar-refractivity contribution in [2.75, 3.05) is 40.0 Å². The monoisotopic (exact) mass is 425 g/mol. The molecule has 1 aromatic carbocycles. The first-order valence-electron chi connectivity index (χ1n) is 9.25. The van der Waals surface area contributed by atoms with Crippen LogP contribution in [0.4, 0.5) is 0 Å². The standard InChI is InChI=1S/C19H27N3O6S/c1-14(2)21-19(24)13-20-18(23)7-5-15-4-6-16(27-3)17(12-15)29(25,26)22-8-10-28-11-9-22/h4-7,12,14H,8-11,13H2,1-3H3,(H,20,23)(H,21,24)/b7-5+. The van der Waals surface area contributed by atoms with Gasteiger partial charge in [-0.3, -0.25) is 9.59 Å². The lowest BCUT2D eigenvalue weighted by molar-refractivity contribution is -0.124. The lowest BCUT2D eigenvalue weighted by atomic mass is 10.2. The summed E-state index contributed by atoms with van der Waals surface area (Å²) in [7, 11) is -2.36. The molecule has 0 saturated carbocycles. The average molecular weight is 426 g/mol. The molecule has 9 nitrogen and oxygen atoms in total. The second-order valence-electron chi connectivity index (χ2n) is 6.70. The summed E-state index contributed by atoms with van der Waals surface area (Å²) in [6.07, 6.45) is 2.73. The Morgan fingerprint density at radius 1 is 1.28 bits per heavy atom. The maximum absolute atomic E-state index is 13.0. The molecule has 0 aromatic heterocycles. The average Bonchev–Trinajstić information content (AvgIpc) is 2.70. The SMILES string of the molecule is COc1ccc(/C=C/C(=O)NCC(=O)NC(C)C)cc1S(=O)(=O)N1CCOCC1. The number of carbonyl (C=O) groups is 2. The zero-order valence-corrected chi connectivity index (χ0v) is 17.6. The van der Waals surface area contributed by atoms with Crippen molar-refractivity contribution in [3.8, 4) is 5.75 Å². The molecule has 0 radical (unpaired) electrons. The normalized spacial score (nSPS) is 15.4. The van der Waals surface area contributed by atoms with Gasteiger partial charge < -0.3 is 20.1 Å².